The zero-order chi connectivity index (χ0) is 12.2. The summed E-state index contributed by atoms with van der Waals surface area (Å²) >= 11 is 3.36. The van der Waals surface area contributed by atoms with Gasteiger partial charge < -0.3 is 9.47 Å². The van der Waals surface area contributed by atoms with E-state index < -0.39 is 0 Å². The molecule has 4 heteroatoms. The largest absolute Gasteiger partial charge is 0.475 e. The first-order valence-electron chi connectivity index (χ1n) is 5.27. The van der Waals surface area contributed by atoms with Gasteiger partial charge >= 0.3 is 0 Å². The molecule has 1 aromatic rings. The Morgan fingerprint density at radius 3 is 2.56 bits per heavy atom. The lowest BCUT2D eigenvalue weighted by atomic mass is 10.2. The molecule has 0 saturated heterocycles. The maximum Gasteiger partial charge on any atom is 0.216 e. The van der Waals surface area contributed by atoms with E-state index in [0.29, 0.717) is 19.1 Å². The van der Waals surface area contributed by atoms with E-state index in [4.69, 9.17) is 9.47 Å². The van der Waals surface area contributed by atoms with Crippen molar-refractivity contribution in [1.82, 2.24) is 4.98 Å². The van der Waals surface area contributed by atoms with Crippen LogP contribution in [0, 0.1) is 6.92 Å². The average molecular weight is 288 g/mol. The van der Waals surface area contributed by atoms with Crippen molar-refractivity contribution < 1.29 is 9.47 Å². The average Bonchev–Trinajstić information content (AvgIpc) is 2.13. The highest BCUT2D eigenvalue weighted by Crippen LogP contribution is 2.18. The third-order valence-electron chi connectivity index (χ3n) is 1.85. The Hall–Kier alpha value is -0.610. The van der Waals surface area contributed by atoms with E-state index in [1.807, 2.05) is 33.8 Å². The predicted molar refractivity (Wildman–Crippen MR) is 67.9 cm³/mol. The molecule has 3 nitrogen and oxygen atoms in total. The van der Waals surface area contributed by atoms with Gasteiger partial charge in [0.2, 0.25) is 5.88 Å². The SMILES string of the molecule is Cc1cc(Br)cnc1OCCOC(C)(C)C. The van der Waals surface area contributed by atoms with E-state index in [1.54, 1.807) is 6.20 Å². The minimum absolute atomic E-state index is 0.119. The molecule has 0 fully saturated rings. The van der Waals surface area contributed by atoms with Crippen LogP contribution in [0.15, 0.2) is 16.7 Å². The zero-order valence-corrected chi connectivity index (χ0v) is 11.8. The predicted octanol–water partition coefficient (Wildman–Crippen LogP) is 3.35. The fourth-order valence-electron chi connectivity index (χ4n) is 1.17. The molecule has 0 saturated carbocycles. The number of rotatable bonds is 4. The second kappa shape index (κ2) is 5.64. The minimum atomic E-state index is -0.119. The van der Waals surface area contributed by atoms with E-state index in [-0.39, 0.29) is 5.60 Å². The van der Waals surface area contributed by atoms with Gasteiger partial charge in [-0.2, -0.15) is 0 Å². The molecule has 0 N–H and O–H groups in total. The van der Waals surface area contributed by atoms with Gasteiger partial charge in [-0.1, -0.05) is 0 Å². The Morgan fingerprint density at radius 1 is 1.31 bits per heavy atom. The van der Waals surface area contributed by atoms with Gasteiger partial charge in [0, 0.05) is 16.2 Å². The first kappa shape index (κ1) is 13.5. The molecule has 1 rings (SSSR count). The van der Waals surface area contributed by atoms with Crippen LogP contribution in [0.1, 0.15) is 26.3 Å². The number of aromatic nitrogens is 1. The number of halogens is 1. The lowest BCUT2D eigenvalue weighted by Gasteiger charge is -2.19. The van der Waals surface area contributed by atoms with Crippen molar-refractivity contribution in [3.05, 3.63) is 22.3 Å². The van der Waals surface area contributed by atoms with Crippen LogP contribution in [-0.2, 0) is 4.74 Å². The summed E-state index contributed by atoms with van der Waals surface area (Å²) in [5.74, 6) is 0.667. The summed E-state index contributed by atoms with van der Waals surface area (Å²) in [4.78, 5) is 4.19. The van der Waals surface area contributed by atoms with Gasteiger partial charge in [-0.05, 0) is 49.7 Å². The number of aryl methyl sites for hydroxylation is 1. The summed E-state index contributed by atoms with van der Waals surface area (Å²) in [5, 5.41) is 0. The van der Waals surface area contributed by atoms with Crippen molar-refractivity contribution in [1.29, 1.82) is 0 Å². The van der Waals surface area contributed by atoms with Gasteiger partial charge in [-0.15, -0.1) is 0 Å². The third-order valence-corrected chi connectivity index (χ3v) is 2.29. The van der Waals surface area contributed by atoms with Crippen LogP contribution in [-0.4, -0.2) is 23.8 Å². The van der Waals surface area contributed by atoms with Crippen molar-refractivity contribution in [3.8, 4) is 5.88 Å². The molecule has 90 valence electrons. The van der Waals surface area contributed by atoms with Gasteiger partial charge in [-0.25, -0.2) is 4.98 Å². The number of nitrogens with zero attached hydrogens (tertiary/aromatic N) is 1. The van der Waals surface area contributed by atoms with Crippen LogP contribution in [0.25, 0.3) is 0 Å². The molecule has 16 heavy (non-hydrogen) atoms. The van der Waals surface area contributed by atoms with Crippen molar-refractivity contribution in [2.75, 3.05) is 13.2 Å². The fourth-order valence-corrected chi connectivity index (χ4v) is 1.61. The molecule has 1 aromatic heterocycles. The highest BCUT2D eigenvalue weighted by atomic mass is 79.9. The molecule has 0 amide bonds. The molecule has 0 atom stereocenters. The second-order valence-corrected chi connectivity index (χ2v) is 5.50. The summed E-state index contributed by atoms with van der Waals surface area (Å²) in [5.41, 5.74) is 0.899. The molecular formula is C12H18BrNO2. The molecule has 1 heterocycles. The molecule has 0 aromatic carbocycles. The Kier molecular flexibility index (Phi) is 4.74. The van der Waals surface area contributed by atoms with Crippen LogP contribution in [0.4, 0.5) is 0 Å². The molecule has 0 radical (unpaired) electrons. The van der Waals surface area contributed by atoms with Gasteiger partial charge in [0.1, 0.15) is 6.61 Å². The van der Waals surface area contributed by atoms with Crippen LogP contribution in [0.5, 0.6) is 5.88 Å². The lowest BCUT2D eigenvalue weighted by Crippen LogP contribution is -2.22. The maximum atomic E-state index is 5.55. The Labute approximate surface area is 105 Å². The standard InChI is InChI=1S/C12H18BrNO2/c1-9-7-10(13)8-14-11(9)15-5-6-16-12(2,3)4/h7-8H,5-6H2,1-4H3. The minimum Gasteiger partial charge on any atom is -0.475 e. The monoisotopic (exact) mass is 287 g/mol. The van der Waals surface area contributed by atoms with Gasteiger partial charge in [0.05, 0.1) is 12.2 Å². The molecule has 0 aliphatic rings. The topological polar surface area (TPSA) is 31.4 Å². The Bertz CT molecular complexity index is 347. The molecule has 0 bridgehead atoms. The molecule has 0 unspecified atom stereocenters. The number of hydrogen-bond acceptors (Lipinski definition) is 3. The van der Waals surface area contributed by atoms with Crippen molar-refractivity contribution in [3.63, 3.8) is 0 Å². The van der Waals surface area contributed by atoms with Crippen LogP contribution in [0.2, 0.25) is 0 Å². The van der Waals surface area contributed by atoms with Crippen LogP contribution in [0.3, 0.4) is 0 Å². The lowest BCUT2D eigenvalue weighted by molar-refractivity contribution is -0.0168. The Balaban J connectivity index is 2.38. The van der Waals surface area contributed by atoms with Crippen molar-refractivity contribution in [2.24, 2.45) is 0 Å². The van der Waals surface area contributed by atoms with E-state index in [0.717, 1.165) is 10.0 Å². The summed E-state index contributed by atoms with van der Waals surface area (Å²) in [6.45, 7) is 9.13. The zero-order valence-electron chi connectivity index (χ0n) is 10.2. The van der Waals surface area contributed by atoms with Crippen molar-refractivity contribution >= 4 is 15.9 Å². The van der Waals surface area contributed by atoms with Gasteiger partial charge in [-0.3, -0.25) is 0 Å². The molecule has 0 aliphatic heterocycles. The smallest absolute Gasteiger partial charge is 0.216 e. The van der Waals surface area contributed by atoms with E-state index in [1.165, 1.54) is 0 Å². The van der Waals surface area contributed by atoms with Gasteiger partial charge in [0.15, 0.2) is 0 Å². The highest BCUT2D eigenvalue weighted by molar-refractivity contribution is 9.10. The molecular weight excluding hydrogens is 270 g/mol. The van der Waals surface area contributed by atoms with E-state index in [2.05, 4.69) is 20.9 Å². The first-order chi connectivity index (χ1) is 7.38. The van der Waals surface area contributed by atoms with Gasteiger partial charge in [0.25, 0.3) is 0 Å². The number of hydrogen-bond donors (Lipinski definition) is 0. The number of pyridine rings is 1. The summed E-state index contributed by atoms with van der Waals surface area (Å²) in [7, 11) is 0. The maximum absolute atomic E-state index is 5.55. The molecule has 0 aliphatic carbocycles. The summed E-state index contributed by atoms with van der Waals surface area (Å²) in [6, 6.07) is 1.98. The van der Waals surface area contributed by atoms with E-state index in [9.17, 15) is 0 Å². The quantitative estimate of drug-likeness (QED) is 0.796. The second-order valence-electron chi connectivity index (χ2n) is 4.58. The summed E-state index contributed by atoms with van der Waals surface area (Å²) in [6.07, 6.45) is 1.73. The normalized spacial score (nSPS) is 11.6. The number of ether oxygens (including phenoxy) is 2. The van der Waals surface area contributed by atoms with E-state index >= 15 is 0 Å². The Morgan fingerprint density at radius 2 is 2.00 bits per heavy atom. The van der Waals surface area contributed by atoms with Crippen molar-refractivity contribution in [2.45, 2.75) is 33.3 Å². The highest BCUT2D eigenvalue weighted by Gasteiger charge is 2.09. The summed E-state index contributed by atoms with van der Waals surface area (Å²) < 4.78 is 12.0. The van der Waals surface area contributed by atoms with Crippen LogP contribution >= 0.6 is 15.9 Å². The van der Waals surface area contributed by atoms with Crippen LogP contribution < -0.4 is 4.74 Å². The fraction of sp³-hybridized carbons (Fsp3) is 0.583. The third kappa shape index (κ3) is 4.94. The first-order valence-corrected chi connectivity index (χ1v) is 6.07. The molecule has 0 spiro atoms.